The van der Waals surface area contributed by atoms with E-state index < -0.39 is 68.0 Å². The van der Waals surface area contributed by atoms with Gasteiger partial charge in [0.25, 0.3) is 0 Å². The molecule has 0 unspecified atom stereocenters. The van der Waals surface area contributed by atoms with Gasteiger partial charge in [-0.3, -0.25) is 0 Å². The molecule has 1 aromatic heterocycles. The van der Waals surface area contributed by atoms with E-state index in [0.29, 0.717) is 5.56 Å². The second-order valence-corrected chi connectivity index (χ2v) is 10.0. The normalized spacial score (nSPS) is 33.2. The van der Waals surface area contributed by atoms with Crippen molar-refractivity contribution in [2.75, 3.05) is 6.61 Å². The van der Waals surface area contributed by atoms with Gasteiger partial charge in [0.15, 0.2) is 6.29 Å². The fourth-order valence-corrected chi connectivity index (χ4v) is 4.70. The molecule has 2 aliphatic rings. The van der Waals surface area contributed by atoms with Crippen molar-refractivity contribution >= 4 is 11.0 Å². The zero-order chi connectivity index (χ0) is 29.6. The van der Waals surface area contributed by atoms with Gasteiger partial charge in [0, 0.05) is 12.1 Å². The number of aliphatic hydroxyl groups is 6. The number of hydrogen-bond donors (Lipinski definition) is 9. The van der Waals surface area contributed by atoms with Crippen LogP contribution in [0.3, 0.4) is 0 Å². The van der Waals surface area contributed by atoms with E-state index in [1.54, 1.807) is 0 Å². The van der Waals surface area contributed by atoms with Gasteiger partial charge >= 0.3 is 11.3 Å². The molecule has 0 aliphatic carbocycles. The Balaban J connectivity index is 0.00000405. The quantitative estimate of drug-likeness (QED) is 0.123. The monoisotopic (exact) mass is 614 g/mol. The summed E-state index contributed by atoms with van der Waals surface area (Å²) in [6.07, 6.45) is -15.0. The molecule has 42 heavy (non-hydrogen) atoms. The lowest BCUT2D eigenvalue weighted by atomic mass is 9.98. The molecule has 3 heterocycles. The minimum absolute atomic E-state index is 0. The SMILES string of the molecule is C[C@@H]1O[C@@H](OC[C@H]2O[C@@H](Oc3cc4c(O)cc(O)cc4[o+]c3-c3ccc(O)cc3)[C@H](O)[C@@H](O)[C@@H]2O)[C@H](O)[C@H](O)[C@H]1O.[Cl-]. The second kappa shape index (κ2) is 12.7. The minimum Gasteiger partial charge on any atom is -1.00 e. The Bertz CT molecular complexity index is 1370. The summed E-state index contributed by atoms with van der Waals surface area (Å²) in [5.41, 5.74) is 0.476. The number of aromatic hydroxyl groups is 3. The van der Waals surface area contributed by atoms with Crippen molar-refractivity contribution in [3.8, 4) is 34.3 Å². The fraction of sp³-hybridized carbons (Fsp3) is 0.444. The van der Waals surface area contributed by atoms with Crippen LogP contribution in [0, 0.1) is 0 Å². The largest absolute Gasteiger partial charge is 1.00 e. The van der Waals surface area contributed by atoms with Crippen molar-refractivity contribution in [3.63, 3.8) is 0 Å². The smallest absolute Gasteiger partial charge is 0.402 e. The van der Waals surface area contributed by atoms with Gasteiger partial charge < -0.3 is 77.3 Å². The molecule has 0 saturated carbocycles. The molecule has 230 valence electrons. The number of halogens is 1. The summed E-state index contributed by atoms with van der Waals surface area (Å²) in [7, 11) is 0. The van der Waals surface area contributed by atoms with Gasteiger partial charge in [0.1, 0.15) is 65.4 Å². The van der Waals surface area contributed by atoms with Gasteiger partial charge in [-0.1, -0.05) is 0 Å². The first-order chi connectivity index (χ1) is 19.4. The van der Waals surface area contributed by atoms with Crippen LogP contribution in [0.2, 0.25) is 0 Å². The van der Waals surface area contributed by atoms with Crippen LogP contribution in [-0.2, 0) is 14.2 Å². The molecule has 0 spiro atoms. The van der Waals surface area contributed by atoms with E-state index in [1.165, 1.54) is 43.3 Å². The summed E-state index contributed by atoms with van der Waals surface area (Å²) in [4.78, 5) is 0. The summed E-state index contributed by atoms with van der Waals surface area (Å²) in [6, 6.07) is 9.48. The predicted molar refractivity (Wildman–Crippen MR) is 137 cm³/mol. The lowest BCUT2D eigenvalue weighted by Crippen LogP contribution is -3.00. The molecule has 5 rings (SSSR count). The predicted octanol–water partition coefficient (Wildman–Crippen LogP) is -3.47. The van der Waals surface area contributed by atoms with Crippen LogP contribution in [0.15, 0.2) is 46.9 Å². The number of phenols is 3. The number of ether oxygens (including phenoxy) is 4. The van der Waals surface area contributed by atoms with E-state index in [4.69, 9.17) is 23.4 Å². The summed E-state index contributed by atoms with van der Waals surface area (Å²) < 4.78 is 28.4. The van der Waals surface area contributed by atoms with Crippen LogP contribution in [0.5, 0.6) is 23.0 Å². The highest BCUT2D eigenvalue weighted by Crippen LogP contribution is 2.40. The Morgan fingerprint density at radius 3 is 2.07 bits per heavy atom. The van der Waals surface area contributed by atoms with Crippen LogP contribution >= 0.6 is 0 Å². The third-order valence-corrected chi connectivity index (χ3v) is 7.09. The van der Waals surface area contributed by atoms with Crippen LogP contribution < -0.4 is 17.1 Å². The Labute approximate surface area is 244 Å². The van der Waals surface area contributed by atoms with Crippen molar-refractivity contribution in [3.05, 3.63) is 42.5 Å². The van der Waals surface area contributed by atoms with E-state index in [-0.39, 0.29) is 52.1 Å². The van der Waals surface area contributed by atoms with Crippen LogP contribution in [0.1, 0.15) is 6.92 Å². The first-order valence-corrected chi connectivity index (χ1v) is 12.7. The Morgan fingerprint density at radius 2 is 1.38 bits per heavy atom. The molecule has 15 heteroatoms. The zero-order valence-corrected chi connectivity index (χ0v) is 22.7. The number of rotatable bonds is 6. The molecular weight excluding hydrogens is 584 g/mol. The highest BCUT2D eigenvalue weighted by atomic mass is 35.5. The molecule has 0 amide bonds. The molecule has 0 radical (unpaired) electrons. The van der Waals surface area contributed by atoms with Crippen molar-refractivity contribution < 1.29 is 81.7 Å². The fourth-order valence-electron chi connectivity index (χ4n) is 4.70. The number of phenolic OH excluding ortho intramolecular Hbond substituents is 3. The van der Waals surface area contributed by atoms with Crippen molar-refractivity contribution in [1.82, 2.24) is 0 Å². The van der Waals surface area contributed by atoms with Crippen LogP contribution in [0.25, 0.3) is 22.3 Å². The molecule has 2 aliphatic heterocycles. The third-order valence-electron chi connectivity index (χ3n) is 7.09. The van der Waals surface area contributed by atoms with E-state index in [1.807, 2.05) is 0 Å². The van der Waals surface area contributed by atoms with Gasteiger partial charge in [-0.05, 0) is 31.2 Å². The lowest BCUT2D eigenvalue weighted by molar-refractivity contribution is -0.318. The summed E-state index contributed by atoms with van der Waals surface area (Å²) in [5, 5.41) is 92.0. The zero-order valence-electron chi connectivity index (χ0n) is 22.0. The molecule has 14 nitrogen and oxygen atoms in total. The molecule has 2 saturated heterocycles. The number of aliphatic hydroxyl groups excluding tert-OH is 6. The molecular formula is C27H31ClO14. The van der Waals surface area contributed by atoms with Gasteiger partial charge in [0.05, 0.1) is 24.3 Å². The molecule has 2 fully saturated rings. The molecule has 10 atom stereocenters. The molecule has 2 aromatic carbocycles. The average Bonchev–Trinajstić information content (AvgIpc) is 2.94. The standard InChI is InChI=1S/C27H30O14.ClH/c1-10-19(31)21(33)23(35)26(38-10)37-9-18-20(32)22(34)24(36)27(41-18)40-17-8-14-15(30)6-13(29)7-16(14)39-25(17)11-2-4-12(28)5-3-11;/h2-8,10,18-24,26-27,31-36H,9H2,1H3,(H2-,28,29,30);1H/t10-,18+,19-,20+,21+,22-,23+,24+,26+,27+;/m0./s1. The summed E-state index contributed by atoms with van der Waals surface area (Å²) in [6.45, 7) is 0.973. The lowest BCUT2D eigenvalue weighted by Gasteiger charge is -2.42. The maximum atomic E-state index is 10.7. The molecule has 3 aromatic rings. The van der Waals surface area contributed by atoms with Crippen molar-refractivity contribution in [2.45, 2.75) is 68.3 Å². The second-order valence-electron chi connectivity index (χ2n) is 10.0. The first kappa shape index (κ1) is 31.9. The number of fused-ring (bicyclic) bond motifs is 1. The van der Waals surface area contributed by atoms with Crippen LogP contribution in [-0.4, -0.2) is 114 Å². The maximum Gasteiger partial charge on any atom is 0.402 e. The third kappa shape index (κ3) is 6.18. The maximum absolute atomic E-state index is 10.7. The van der Waals surface area contributed by atoms with Crippen molar-refractivity contribution in [2.24, 2.45) is 0 Å². The van der Waals surface area contributed by atoms with Gasteiger partial charge in [-0.2, -0.15) is 0 Å². The van der Waals surface area contributed by atoms with E-state index >= 15 is 0 Å². The highest BCUT2D eigenvalue weighted by molar-refractivity contribution is 5.88. The first-order valence-electron chi connectivity index (χ1n) is 12.7. The molecule has 0 bridgehead atoms. The average molecular weight is 615 g/mol. The van der Waals surface area contributed by atoms with Gasteiger partial charge in [-0.15, -0.1) is 0 Å². The number of benzene rings is 2. The van der Waals surface area contributed by atoms with Gasteiger partial charge in [-0.25, -0.2) is 4.42 Å². The van der Waals surface area contributed by atoms with E-state index in [9.17, 15) is 46.0 Å². The number of hydrogen-bond acceptors (Lipinski definition) is 13. The van der Waals surface area contributed by atoms with Crippen molar-refractivity contribution in [1.29, 1.82) is 0 Å². The Hall–Kier alpha value is -3.02. The van der Waals surface area contributed by atoms with Gasteiger partial charge in [0.2, 0.25) is 12.0 Å². The van der Waals surface area contributed by atoms with E-state index in [2.05, 4.69) is 0 Å². The van der Waals surface area contributed by atoms with Crippen LogP contribution in [0.4, 0.5) is 0 Å². The Kier molecular flexibility index (Phi) is 9.64. The summed E-state index contributed by atoms with van der Waals surface area (Å²) in [5.74, 6) is -0.661. The Morgan fingerprint density at radius 1 is 0.738 bits per heavy atom. The molecule has 9 N–H and O–H groups in total. The minimum atomic E-state index is -1.77. The van der Waals surface area contributed by atoms with E-state index in [0.717, 1.165) is 6.07 Å². The topological polar surface area (TPSA) is 230 Å². The summed E-state index contributed by atoms with van der Waals surface area (Å²) >= 11 is 0. The highest BCUT2D eigenvalue weighted by Gasteiger charge is 2.48.